The zero-order valence-electron chi connectivity index (χ0n) is 11.3. The fourth-order valence-electron chi connectivity index (χ4n) is 1.80. The number of hydrogen-bond donors (Lipinski definition) is 1. The van der Waals surface area contributed by atoms with Crippen LogP contribution in [-0.4, -0.2) is 10.0 Å². The minimum atomic E-state index is -0.513. The van der Waals surface area contributed by atoms with Crippen LogP contribution in [-0.2, 0) is 0 Å². The van der Waals surface area contributed by atoms with E-state index >= 15 is 0 Å². The Labute approximate surface area is 126 Å². The minimum absolute atomic E-state index is 0.0903. The highest BCUT2D eigenvalue weighted by Gasteiger charge is 2.12. The Morgan fingerprint density at radius 2 is 1.95 bits per heavy atom. The second-order valence-corrected chi connectivity index (χ2v) is 4.87. The number of rotatable bonds is 5. The third-order valence-corrected chi connectivity index (χ3v) is 3.32. The molecule has 1 unspecified atom stereocenters. The van der Waals surface area contributed by atoms with Crippen molar-refractivity contribution in [1.82, 2.24) is 0 Å². The molecule has 0 saturated heterocycles. The lowest BCUT2D eigenvalue weighted by molar-refractivity contribution is -0.384. The number of non-ortho nitro benzene ring substituents is 1. The van der Waals surface area contributed by atoms with E-state index in [4.69, 9.17) is 16.3 Å². The van der Waals surface area contributed by atoms with E-state index in [-0.39, 0.29) is 11.4 Å². The van der Waals surface area contributed by atoms with Gasteiger partial charge in [-0.25, -0.2) is 0 Å². The van der Waals surface area contributed by atoms with Gasteiger partial charge in [-0.1, -0.05) is 30.7 Å². The van der Waals surface area contributed by atoms with Crippen molar-refractivity contribution in [2.45, 2.75) is 19.4 Å². The van der Waals surface area contributed by atoms with Crippen molar-refractivity contribution >= 4 is 17.3 Å². The zero-order chi connectivity index (χ0) is 15.4. The van der Waals surface area contributed by atoms with Gasteiger partial charge in [-0.2, -0.15) is 0 Å². The molecule has 5 nitrogen and oxygen atoms in total. The number of ether oxygens (including phenoxy) is 1. The summed E-state index contributed by atoms with van der Waals surface area (Å²) in [4.78, 5) is 10.2. The van der Waals surface area contributed by atoms with Gasteiger partial charge in [0.1, 0.15) is 5.75 Å². The predicted molar refractivity (Wildman–Crippen MR) is 79.9 cm³/mol. The summed E-state index contributed by atoms with van der Waals surface area (Å²) in [6.45, 7) is 1.89. The molecule has 0 radical (unpaired) electrons. The van der Waals surface area contributed by atoms with E-state index in [1.807, 2.05) is 6.92 Å². The van der Waals surface area contributed by atoms with Crippen LogP contribution >= 0.6 is 11.6 Å². The van der Waals surface area contributed by atoms with Crippen LogP contribution in [0.15, 0.2) is 42.5 Å². The van der Waals surface area contributed by atoms with Gasteiger partial charge in [0.15, 0.2) is 5.75 Å². The summed E-state index contributed by atoms with van der Waals surface area (Å²) < 4.78 is 5.55. The Hall–Kier alpha value is -2.11. The summed E-state index contributed by atoms with van der Waals surface area (Å²) in [6, 6.07) is 10.9. The predicted octanol–water partition coefficient (Wildman–Crippen LogP) is 4.48. The van der Waals surface area contributed by atoms with E-state index in [0.717, 1.165) is 5.56 Å². The summed E-state index contributed by atoms with van der Waals surface area (Å²) in [5.74, 6) is 0.708. The molecule has 6 heteroatoms. The Balaban J connectivity index is 2.22. The van der Waals surface area contributed by atoms with Crippen LogP contribution in [0, 0.1) is 10.1 Å². The van der Waals surface area contributed by atoms with Crippen LogP contribution in [0.5, 0.6) is 11.5 Å². The first-order valence-corrected chi connectivity index (χ1v) is 6.79. The van der Waals surface area contributed by atoms with Crippen molar-refractivity contribution in [2.24, 2.45) is 0 Å². The maximum atomic E-state index is 10.7. The summed E-state index contributed by atoms with van der Waals surface area (Å²) >= 11 is 5.97. The SMILES string of the molecule is CCC(O)c1ccc(Oc2cc([N+](=O)[O-])ccc2Cl)cc1. The van der Waals surface area contributed by atoms with Crippen LogP contribution < -0.4 is 4.74 Å². The van der Waals surface area contributed by atoms with Gasteiger partial charge in [-0.05, 0) is 30.2 Å². The molecule has 0 fully saturated rings. The molecule has 0 aliphatic rings. The number of hydrogen-bond acceptors (Lipinski definition) is 4. The van der Waals surface area contributed by atoms with Crippen LogP contribution in [0.2, 0.25) is 5.02 Å². The molecule has 0 heterocycles. The molecular weight excluding hydrogens is 294 g/mol. The first kappa shape index (κ1) is 15.3. The Morgan fingerprint density at radius 3 is 2.52 bits per heavy atom. The van der Waals surface area contributed by atoms with Gasteiger partial charge in [-0.3, -0.25) is 10.1 Å². The summed E-state index contributed by atoms with van der Waals surface area (Å²) in [6.07, 6.45) is 0.108. The third-order valence-electron chi connectivity index (χ3n) is 3.00. The number of aliphatic hydroxyl groups excluding tert-OH is 1. The van der Waals surface area contributed by atoms with E-state index in [1.165, 1.54) is 18.2 Å². The molecule has 0 bridgehead atoms. The van der Waals surface area contributed by atoms with Crippen molar-refractivity contribution in [3.05, 3.63) is 63.2 Å². The molecule has 0 saturated carbocycles. The molecule has 0 spiro atoms. The molecular formula is C15H14ClNO4. The van der Waals surface area contributed by atoms with E-state index in [9.17, 15) is 15.2 Å². The van der Waals surface area contributed by atoms with Gasteiger partial charge in [0, 0.05) is 6.07 Å². The fourth-order valence-corrected chi connectivity index (χ4v) is 1.96. The maximum absolute atomic E-state index is 10.7. The van der Waals surface area contributed by atoms with E-state index < -0.39 is 11.0 Å². The standard InChI is InChI=1S/C15H14ClNO4/c1-2-14(18)10-3-6-12(7-4-10)21-15-9-11(17(19)20)5-8-13(15)16/h3-9,14,18H,2H2,1H3. The Kier molecular flexibility index (Phi) is 4.77. The second-order valence-electron chi connectivity index (χ2n) is 4.47. The molecule has 0 aliphatic carbocycles. The molecule has 0 aromatic heterocycles. The van der Waals surface area contributed by atoms with Crippen molar-refractivity contribution in [3.63, 3.8) is 0 Å². The fraction of sp³-hybridized carbons (Fsp3) is 0.200. The Morgan fingerprint density at radius 1 is 1.29 bits per heavy atom. The largest absolute Gasteiger partial charge is 0.456 e. The smallest absolute Gasteiger partial charge is 0.273 e. The average Bonchev–Trinajstić information content (AvgIpc) is 2.49. The highest BCUT2D eigenvalue weighted by Crippen LogP contribution is 2.33. The summed E-state index contributed by atoms with van der Waals surface area (Å²) in [5.41, 5.74) is 0.697. The number of nitro groups is 1. The number of halogens is 1. The Bertz CT molecular complexity index is 643. The van der Waals surface area contributed by atoms with Crippen LogP contribution in [0.4, 0.5) is 5.69 Å². The topological polar surface area (TPSA) is 72.6 Å². The summed E-state index contributed by atoms with van der Waals surface area (Å²) in [7, 11) is 0. The molecule has 1 atom stereocenters. The second kappa shape index (κ2) is 6.56. The lowest BCUT2D eigenvalue weighted by Crippen LogP contribution is -1.95. The maximum Gasteiger partial charge on any atom is 0.273 e. The van der Waals surface area contributed by atoms with Crippen LogP contribution in [0.1, 0.15) is 25.0 Å². The first-order chi connectivity index (χ1) is 10.0. The summed E-state index contributed by atoms with van der Waals surface area (Å²) in [5, 5.41) is 20.8. The van der Waals surface area contributed by atoms with Gasteiger partial charge in [0.25, 0.3) is 5.69 Å². The van der Waals surface area contributed by atoms with Crippen molar-refractivity contribution < 1.29 is 14.8 Å². The molecule has 2 rings (SSSR count). The molecule has 2 aromatic rings. The molecule has 21 heavy (non-hydrogen) atoms. The monoisotopic (exact) mass is 307 g/mol. The van der Waals surface area contributed by atoms with Crippen LogP contribution in [0.25, 0.3) is 0 Å². The van der Waals surface area contributed by atoms with E-state index in [2.05, 4.69) is 0 Å². The van der Waals surface area contributed by atoms with Crippen molar-refractivity contribution in [2.75, 3.05) is 0 Å². The highest BCUT2D eigenvalue weighted by molar-refractivity contribution is 6.32. The van der Waals surface area contributed by atoms with Gasteiger partial charge in [0.05, 0.1) is 22.1 Å². The molecule has 1 N–H and O–H groups in total. The normalized spacial score (nSPS) is 12.0. The molecule has 2 aromatic carbocycles. The van der Waals surface area contributed by atoms with Crippen LogP contribution in [0.3, 0.4) is 0 Å². The number of benzene rings is 2. The van der Waals surface area contributed by atoms with Gasteiger partial charge in [0.2, 0.25) is 0 Å². The lowest BCUT2D eigenvalue weighted by atomic mass is 10.1. The first-order valence-electron chi connectivity index (χ1n) is 6.41. The third kappa shape index (κ3) is 3.71. The quantitative estimate of drug-likeness (QED) is 0.652. The highest BCUT2D eigenvalue weighted by atomic mass is 35.5. The molecule has 0 aliphatic heterocycles. The number of nitrogens with zero attached hydrogens (tertiary/aromatic N) is 1. The molecule has 110 valence electrons. The van der Waals surface area contributed by atoms with Crippen molar-refractivity contribution in [1.29, 1.82) is 0 Å². The zero-order valence-corrected chi connectivity index (χ0v) is 12.1. The van der Waals surface area contributed by atoms with E-state index in [0.29, 0.717) is 17.2 Å². The lowest BCUT2D eigenvalue weighted by Gasteiger charge is -2.10. The molecule has 0 amide bonds. The van der Waals surface area contributed by atoms with Crippen molar-refractivity contribution in [3.8, 4) is 11.5 Å². The number of aliphatic hydroxyl groups is 1. The van der Waals surface area contributed by atoms with Gasteiger partial charge >= 0.3 is 0 Å². The minimum Gasteiger partial charge on any atom is -0.456 e. The van der Waals surface area contributed by atoms with E-state index in [1.54, 1.807) is 24.3 Å². The number of nitro benzene ring substituents is 1. The van der Waals surface area contributed by atoms with Gasteiger partial charge < -0.3 is 9.84 Å². The average molecular weight is 308 g/mol. The van der Waals surface area contributed by atoms with Gasteiger partial charge in [-0.15, -0.1) is 0 Å².